The number of hydrogen-bond donors (Lipinski definition) is 0. The summed E-state index contributed by atoms with van der Waals surface area (Å²) in [6.07, 6.45) is 79.2. The van der Waals surface area contributed by atoms with Crippen LogP contribution >= 0.6 is 0 Å². The lowest BCUT2D eigenvalue weighted by atomic mass is 10.0. The number of ether oxygens (including phenoxy) is 3. The second-order valence-electron chi connectivity index (χ2n) is 23.5. The molecule has 0 spiro atoms. The van der Waals surface area contributed by atoms with Gasteiger partial charge >= 0.3 is 17.9 Å². The van der Waals surface area contributed by atoms with Crippen molar-refractivity contribution < 1.29 is 28.6 Å². The van der Waals surface area contributed by atoms with Crippen LogP contribution in [0.4, 0.5) is 0 Å². The van der Waals surface area contributed by atoms with Crippen LogP contribution in [-0.4, -0.2) is 37.2 Å². The fourth-order valence-corrected chi connectivity index (χ4v) is 10.5. The van der Waals surface area contributed by atoms with Crippen molar-refractivity contribution in [3.63, 3.8) is 0 Å². The monoisotopic (exact) mass is 1070 g/mol. The van der Waals surface area contributed by atoms with E-state index in [1.54, 1.807) is 0 Å². The highest BCUT2D eigenvalue weighted by Crippen LogP contribution is 2.19. The molecule has 0 saturated heterocycles. The fraction of sp³-hybridized carbons (Fsp3) is 0.900. The minimum Gasteiger partial charge on any atom is -0.462 e. The van der Waals surface area contributed by atoms with Gasteiger partial charge in [0.2, 0.25) is 0 Å². The van der Waals surface area contributed by atoms with E-state index >= 15 is 0 Å². The molecule has 0 saturated carbocycles. The van der Waals surface area contributed by atoms with Gasteiger partial charge in [0, 0.05) is 19.3 Å². The normalized spacial score (nSPS) is 12.1. The van der Waals surface area contributed by atoms with Gasteiger partial charge in [0.15, 0.2) is 6.10 Å². The Labute approximate surface area is 474 Å². The number of rotatable bonds is 64. The van der Waals surface area contributed by atoms with Gasteiger partial charge in [-0.2, -0.15) is 0 Å². The summed E-state index contributed by atoms with van der Waals surface area (Å²) in [4.78, 5) is 38.4. The molecule has 6 nitrogen and oxygen atoms in total. The van der Waals surface area contributed by atoms with Crippen LogP contribution in [0, 0.1) is 0 Å². The summed E-state index contributed by atoms with van der Waals surface area (Å²) in [7, 11) is 0. The maximum Gasteiger partial charge on any atom is 0.306 e. The van der Waals surface area contributed by atoms with Crippen molar-refractivity contribution in [1.82, 2.24) is 0 Å². The summed E-state index contributed by atoms with van der Waals surface area (Å²) >= 11 is 0. The third kappa shape index (κ3) is 62.7. The van der Waals surface area contributed by atoms with E-state index in [2.05, 4.69) is 45.1 Å². The van der Waals surface area contributed by atoms with Gasteiger partial charge < -0.3 is 14.2 Å². The standard InChI is InChI=1S/C70H132O6/c1-4-7-10-13-16-19-22-25-28-31-32-33-34-35-36-37-38-39-40-43-45-48-51-54-57-60-63-69(72)75-66-67(76-70(73)64-61-58-55-52-49-46-42-30-27-24-21-18-15-12-9-6-3)65-74-68(71)62-59-56-53-50-47-44-41-29-26-23-20-17-14-11-8-5-2/h21,24,30,42,67H,4-20,22-23,25-29,31-41,43-66H2,1-3H3/b24-21-,42-30-. The zero-order chi connectivity index (χ0) is 55.0. The number of carbonyl (C=O) groups is 3. The van der Waals surface area contributed by atoms with Crippen LogP contribution < -0.4 is 0 Å². The Kier molecular flexibility index (Phi) is 63.6. The molecule has 448 valence electrons. The minimum absolute atomic E-state index is 0.0708. The molecule has 0 N–H and O–H groups in total. The predicted molar refractivity (Wildman–Crippen MR) is 330 cm³/mol. The van der Waals surface area contributed by atoms with Crippen LogP contribution in [0.2, 0.25) is 0 Å². The van der Waals surface area contributed by atoms with Crippen molar-refractivity contribution in [1.29, 1.82) is 0 Å². The first-order valence-corrected chi connectivity index (χ1v) is 34.3. The lowest BCUT2D eigenvalue weighted by Crippen LogP contribution is -2.30. The highest BCUT2D eigenvalue weighted by atomic mass is 16.6. The maximum absolute atomic E-state index is 12.9. The van der Waals surface area contributed by atoms with E-state index in [1.807, 2.05) is 0 Å². The van der Waals surface area contributed by atoms with Crippen LogP contribution in [0.25, 0.3) is 0 Å². The second kappa shape index (κ2) is 65.4. The molecule has 0 heterocycles. The van der Waals surface area contributed by atoms with Crippen LogP contribution in [0.15, 0.2) is 24.3 Å². The molecule has 6 heteroatoms. The average molecular weight is 1070 g/mol. The van der Waals surface area contributed by atoms with Crippen LogP contribution in [0.3, 0.4) is 0 Å². The number of hydrogen-bond acceptors (Lipinski definition) is 6. The topological polar surface area (TPSA) is 78.9 Å². The van der Waals surface area contributed by atoms with E-state index in [1.165, 1.54) is 270 Å². The Morgan fingerprint density at radius 3 is 0.737 bits per heavy atom. The molecule has 1 unspecified atom stereocenters. The second-order valence-corrected chi connectivity index (χ2v) is 23.5. The van der Waals surface area contributed by atoms with Crippen LogP contribution in [0.5, 0.6) is 0 Å². The maximum atomic E-state index is 12.9. The predicted octanol–water partition coefficient (Wildman–Crippen LogP) is 23.4. The van der Waals surface area contributed by atoms with Gasteiger partial charge in [-0.1, -0.05) is 340 Å². The average Bonchev–Trinajstić information content (AvgIpc) is 3.42. The first-order valence-electron chi connectivity index (χ1n) is 34.3. The lowest BCUT2D eigenvalue weighted by Gasteiger charge is -2.18. The van der Waals surface area contributed by atoms with Crippen molar-refractivity contribution >= 4 is 17.9 Å². The summed E-state index contributed by atoms with van der Waals surface area (Å²) in [5.74, 6) is -0.854. The van der Waals surface area contributed by atoms with Crippen LogP contribution in [-0.2, 0) is 28.6 Å². The quantitative estimate of drug-likeness (QED) is 0.0261. The SMILES string of the molecule is CCCCCC/C=C\C/C=C\CCCCCCCC(=O)OC(COC(=O)CCCCCCCCCCCCCCCCCC)COC(=O)CCCCCCCCCCCCCCCCCCCCCCCCCCCC. The molecule has 0 aromatic heterocycles. The smallest absolute Gasteiger partial charge is 0.306 e. The van der Waals surface area contributed by atoms with Crippen molar-refractivity contribution in [2.24, 2.45) is 0 Å². The molecule has 0 amide bonds. The molecule has 0 bridgehead atoms. The Hall–Kier alpha value is -2.11. The van der Waals surface area contributed by atoms with E-state index in [-0.39, 0.29) is 31.1 Å². The van der Waals surface area contributed by atoms with Crippen molar-refractivity contribution in [3.05, 3.63) is 24.3 Å². The number of allylic oxidation sites excluding steroid dienone is 4. The molecular formula is C70H132O6. The highest BCUT2D eigenvalue weighted by molar-refractivity contribution is 5.71. The highest BCUT2D eigenvalue weighted by Gasteiger charge is 2.19. The number of esters is 3. The largest absolute Gasteiger partial charge is 0.462 e. The van der Waals surface area contributed by atoms with Crippen molar-refractivity contribution in [3.8, 4) is 0 Å². The van der Waals surface area contributed by atoms with Gasteiger partial charge in [-0.05, 0) is 51.4 Å². The van der Waals surface area contributed by atoms with Gasteiger partial charge in [-0.3, -0.25) is 14.4 Å². The number of carbonyl (C=O) groups excluding carboxylic acids is 3. The summed E-state index contributed by atoms with van der Waals surface area (Å²) in [5.41, 5.74) is 0. The summed E-state index contributed by atoms with van der Waals surface area (Å²) in [5, 5.41) is 0. The third-order valence-electron chi connectivity index (χ3n) is 15.7. The molecule has 0 aromatic carbocycles. The Morgan fingerprint density at radius 2 is 0.474 bits per heavy atom. The zero-order valence-electron chi connectivity index (χ0n) is 51.6. The Bertz CT molecular complexity index is 1230. The van der Waals surface area contributed by atoms with Gasteiger partial charge in [0.25, 0.3) is 0 Å². The van der Waals surface area contributed by atoms with Crippen LogP contribution in [0.1, 0.15) is 387 Å². The summed E-state index contributed by atoms with van der Waals surface area (Å²) in [6.45, 7) is 6.69. The molecular weight excluding hydrogens is 937 g/mol. The molecule has 0 aromatic rings. The fourth-order valence-electron chi connectivity index (χ4n) is 10.5. The minimum atomic E-state index is -0.775. The molecule has 0 radical (unpaired) electrons. The van der Waals surface area contributed by atoms with Gasteiger partial charge in [-0.25, -0.2) is 0 Å². The van der Waals surface area contributed by atoms with E-state index in [9.17, 15) is 14.4 Å². The van der Waals surface area contributed by atoms with E-state index in [4.69, 9.17) is 14.2 Å². The summed E-state index contributed by atoms with van der Waals surface area (Å²) in [6, 6.07) is 0. The van der Waals surface area contributed by atoms with Gasteiger partial charge in [0.05, 0.1) is 0 Å². The molecule has 0 aliphatic carbocycles. The molecule has 0 aliphatic heterocycles. The zero-order valence-corrected chi connectivity index (χ0v) is 51.6. The first kappa shape index (κ1) is 73.9. The lowest BCUT2D eigenvalue weighted by molar-refractivity contribution is -0.167. The Morgan fingerprint density at radius 1 is 0.263 bits per heavy atom. The van der Waals surface area contributed by atoms with Crippen molar-refractivity contribution in [2.45, 2.75) is 393 Å². The van der Waals surface area contributed by atoms with Gasteiger partial charge in [-0.15, -0.1) is 0 Å². The van der Waals surface area contributed by atoms with E-state index < -0.39 is 6.10 Å². The molecule has 0 aliphatic rings. The first-order chi connectivity index (χ1) is 37.5. The van der Waals surface area contributed by atoms with E-state index in [0.717, 1.165) is 77.0 Å². The Balaban J connectivity index is 4.23. The van der Waals surface area contributed by atoms with Crippen molar-refractivity contribution in [2.75, 3.05) is 13.2 Å². The summed E-state index contributed by atoms with van der Waals surface area (Å²) < 4.78 is 17.0. The molecule has 76 heavy (non-hydrogen) atoms. The third-order valence-corrected chi connectivity index (χ3v) is 15.7. The molecule has 0 rings (SSSR count). The van der Waals surface area contributed by atoms with Gasteiger partial charge in [0.1, 0.15) is 13.2 Å². The molecule has 0 fully saturated rings. The van der Waals surface area contributed by atoms with E-state index in [0.29, 0.717) is 19.3 Å². The molecule has 1 atom stereocenters. The number of unbranched alkanes of at least 4 members (excludes halogenated alkanes) is 49.